The van der Waals surface area contributed by atoms with Gasteiger partial charge >= 0.3 is 0 Å². The van der Waals surface area contributed by atoms with Gasteiger partial charge in [0, 0.05) is 17.0 Å². The van der Waals surface area contributed by atoms with Crippen LogP contribution in [0.15, 0.2) is 194 Å². The number of benzene rings is 8. The number of rotatable bonds is 5. The van der Waals surface area contributed by atoms with Gasteiger partial charge in [-0.2, -0.15) is 0 Å². The van der Waals surface area contributed by atoms with Gasteiger partial charge in [0.05, 0.1) is 22.9 Å². The Morgan fingerprint density at radius 1 is 0.314 bits per heavy atom. The molecule has 0 amide bonds. The zero-order valence-corrected chi connectivity index (χ0v) is 27.9. The lowest BCUT2D eigenvalue weighted by Gasteiger charge is -2.09. The fourth-order valence-corrected chi connectivity index (χ4v) is 7.59. The maximum atomic E-state index is 4.46. The summed E-state index contributed by atoms with van der Waals surface area (Å²) in [4.78, 5) is 4.46. The third-order valence-electron chi connectivity index (χ3n) is 10.3. The molecular formula is C49H32N2. The Morgan fingerprint density at radius 3 is 1.14 bits per heavy atom. The van der Waals surface area contributed by atoms with E-state index in [4.69, 9.17) is 0 Å². The molecule has 238 valence electrons. The number of hydrogen-bond donors (Lipinski definition) is 0. The summed E-state index contributed by atoms with van der Waals surface area (Å²) in [5, 5.41) is 7.49. The molecule has 0 saturated carbocycles. The van der Waals surface area contributed by atoms with Crippen molar-refractivity contribution >= 4 is 43.4 Å². The molecule has 2 aromatic heterocycles. The van der Waals surface area contributed by atoms with Crippen molar-refractivity contribution in [3.63, 3.8) is 0 Å². The predicted molar refractivity (Wildman–Crippen MR) is 215 cm³/mol. The van der Waals surface area contributed by atoms with Gasteiger partial charge in [-0.1, -0.05) is 133 Å². The Bertz CT molecular complexity index is 2700. The molecule has 0 spiro atoms. The van der Waals surface area contributed by atoms with Gasteiger partial charge in [-0.15, -0.1) is 0 Å². The minimum absolute atomic E-state index is 1.05. The molecule has 2 nitrogen and oxygen atoms in total. The van der Waals surface area contributed by atoms with E-state index < -0.39 is 0 Å². The predicted octanol–water partition coefficient (Wildman–Crippen LogP) is 13.2. The van der Waals surface area contributed by atoms with Gasteiger partial charge in [-0.25, -0.2) is 0 Å². The van der Waals surface area contributed by atoms with E-state index in [2.05, 4.69) is 185 Å². The summed E-state index contributed by atoms with van der Waals surface area (Å²) < 4.78 is 2.33. The Kier molecular flexibility index (Phi) is 6.85. The van der Waals surface area contributed by atoms with Gasteiger partial charge in [0.25, 0.3) is 0 Å². The summed E-state index contributed by atoms with van der Waals surface area (Å²) in [7, 11) is 0. The first-order valence-electron chi connectivity index (χ1n) is 17.4. The molecule has 0 radical (unpaired) electrons. The zero-order chi connectivity index (χ0) is 33.7. The fourth-order valence-electron chi connectivity index (χ4n) is 7.59. The molecule has 8 aromatic carbocycles. The van der Waals surface area contributed by atoms with Crippen molar-refractivity contribution in [2.45, 2.75) is 0 Å². The van der Waals surface area contributed by atoms with Crippen LogP contribution >= 0.6 is 0 Å². The van der Waals surface area contributed by atoms with Crippen molar-refractivity contribution in [1.29, 1.82) is 0 Å². The maximum Gasteiger partial charge on any atom is 0.0645 e. The van der Waals surface area contributed by atoms with Crippen molar-refractivity contribution in [2.24, 2.45) is 0 Å². The average Bonchev–Trinajstić information content (AvgIpc) is 3.54. The van der Waals surface area contributed by atoms with E-state index in [0.717, 1.165) is 5.69 Å². The van der Waals surface area contributed by atoms with Crippen LogP contribution in [0.5, 0.6) is 0 Å². The first-order chi connectivity index (χ1) is 25.2. The van der Waals surface area contributed by atoms with Crippen LogP contribution in [0.1, 0.15) is 0 Å². The maximum absolute atomic E-state index is 4.46. The summed E-state index contributed by atoms with van der Waals surface area (Å²) in [6.07, 6.45) is 3.77. The fraction of sp³-hybridized carbons (Fsp3) is 0. The normalized spacial score (nSPS) is 11.5. The van der Waals surface area contributed by atoms with Gasteiger partial charge in [-0.3, -0.25) is 4.98 Å². The lowest BCUT2D eigenvalue weighted by molar-refractivity contribution is 1.14. The number of hydrogen-bond acceptors (Lipinski definition) is 1. The van der Waals surface area contributed by atoms with Crippen molar-refractivity contribution in [1.82, 2.24) is 9.55 Å². The quantitative estimate of drug-likeness (QED) is 0.182. The first-order valence-corrected chi connectivity index (χ1v) is 17.4. The average molecular weight is 649 g/mol. The Morgan fingerprint density at radius 2 is 0.706 bits per heavy atom. The third kappa shape index (κ3) is 5.17. The van der Waals surface area contributed by atoms with E-state index >= 15 is 0 Å². The van der Waals surface area contributed by atoms with Crippen LogP contribution in [-0.4, -0.2) is 9.55 Å². The summed E-state index contributed by atoms with van der Waals surface area (Å²) in [6, 6.07) is 66.2. The zero-order valence-electron chi connectivity index (χ0n) is 27.9. The molecule has 51 heavy (non-hydrogen) atoms. The monoisotopic (exact) mass is 648 g/mol. The molecule has 0 bridgehead atoms. The Labute approximate surface area is 296 Å². The molecule has 2 heterocycles. The number of fused-ring (bicyclic) bond motifs is 5. The van der Waals surface area contributed by atoms with E-state index in [0.29, 0.717) is 0 Å². The minimum atomic E-state index is 1.05. The Hall–Kier alpha value is -6.77. The van der Waals surface area contributed by atoms with Gasteiger partial charge in [0.2, 0.25) is 0 Å². The van der Waals surface area contributed by atoms with Crippen molar-refractivity contribution in [3.8, 4) is 50.2 Å². The van der Waals surface area contributed by atoms with Crippen LogP contribution in [0, 0.1) is 0 Å². The molecule has 2 heteroatoms. The highest BCUT2D eigenvalue weighted by atomic mass is 15.0. The smallest absolute Gasteiger partial charge is 0.0645 e. The number of pyridine rings is 1. The summed E-state index contributed by atoms with van der Waals surface area (Å²) >= 11 is 0. The molecule has 0 fully saturated rings. The van der Waals surface area contributed by atoms with Crippen LogP contribution in [-0.2, 0) is 0 Å². The molecule has 0 aliphatic heterocycles. The highest BCUT2D eigenvalue weighted by Gasteiger charge is 2.15. The van der Waals surface area contributed by atoms with Crippen LogP contribution in [0.2, 0.25) is 0 Å². The van der Waals surface area contributed by atoms with E-state index in [1.54, 1.807) is 0 Å². The van der Waals surface area contributed by atoms with Crippen molar-refractivity contribution < 1.29 is 0 Å². The van der Waals surface area contributed by atoms with E-state index in [1.807, 2.05) is 18.5 Å². The van der Waals surface area contributed by atoms with Gasteiger partial charge in [0.1, 0.15) is 0 Å². The molecule has 0 aliphatic rings. The first kappa shape index (κ1) is 29.2. The molecule has 10 rings (SSSR count). The van der Waals surface area contributed by atoms with E-state index in [-0.39, 0.29) is 0 Å². The highest BCUT2D eigenvalue weighted by Crippen LogP contribution is 2.38. The van der Waals surface area contributed by atoms with E-state index in [9.17, 15) is 0 Å². The van der Waals surface area contributed by atoms with Crippen LogP contribution in [0.4, 0.5) is 0 Å². The van der Waals surface area contributed by atoms with Crippen LogP contribution in [0.25, 0.3) is 93.5 Å². The summed E-state index contributed by atoms with van der Waals surface area (Å²) in [5.41, 5.74) is 13.1. The standard InChI is InChI=1S/C49H32N2/c1-3-8-39-28-41(21-19-33(39)6-1)35-11-15-37(16-12-35)43-23-25-48-46(30-43)47-31-44(24-26-49(47)51(48)45-10-5-27-50-32-45)38-17-13-36(14-18-38)42-22-20-34-7-2-4-9-40(34)29-42/h1-32H. The summed E-state index contributed by atoms with van der Waals surface area (Å²) in [5.74, 6) is 0. The molecule has 0 aliphatic carbocycles. The highest BCUT2D eigenvalue weighted by molar-refractivity contribution is 6.11. The lowest BCUT2D eigenvalue weighted by Crippen LogP contribution is -1.94. The number of aromatic nitrogens is 2. The van der Waals surface area contributed by atoms with E-state index in [1.165, 1.54) is 87.9 Å². The molecule has 0 atom stereocenters. The number of nitrogens with zero attached hydrogens (tertiary/aromatic N) is 2. The lowest BCUT2D eigenvalue weighted by atomic mass is 9.96. The second kappa shape index (κ2) is 12.0. The molecule has 0 saturated heterocycles. The van der Waals surface area contributed by atoms with Crippen molar-refractivity contribution in [3.05, 3.63) is 194 Å². The van der Waals surface area contributed by atoms with Crippen molar-refractivity contribution in [2.75, 3.05) is 0 Å². The van der Waals surface area contributed by atoms with Gasteiger partial charge in [0.15, 0.2) is 0 Å². The topological polar surface area (TPSA) is 17.8 Å². The largest absolute Gasteiger partial charge is 0.308 e. The third-order valence-corrected chi connectivity index (χ3v) is 10.3. The second-order valence-corrected chi connectivity index (χ2v) is 13.3. The van der Waals surface area contributed by atoms with Crippen LogP contribution in [0.3, 0.4) is 0 Å². The molecule has 0 N–H and O–H groups in total. The summed E-state index contributed by atoms with van der Waals surface area (Å²) in [6.45, 7) is 0. The molecular weight excluding hydrogens is 617 g/mol. The molecule has 0 unspecified atom stereocenters. The second-order valence-electron chi connectivity index (χ2n) is 13.3. The Balaban J connectivity index is 1.05. The molecule has 10 aromatic rings. The van der Waals surface area contributed by atoms with Gasteiger partial charge < -0.3 is 4.57 Å². The van der Waals surface area contributed by atoms with Gasteiger partial charge in [-0.05, 0) is 115 Å². The SMILES string of the molecule is c1cncc(-n2c3ccc(-c4ccc(-c5ccc6ccccc6c5)cc4)cc3c3cc(-c4ccc(-c5ccc6ccccc6c5)cc4)ccc32)c1. The van der Waals surface area contributed by atoms with Crippen LogP contribution < -0.4 is 0 Å². The minimum Gasteiger partial charge on any atom is -0.308 e.